The molecule has 8 heteroatoms. The van der Waals surface area contributed by atoms with Gasteiger partial charge in [-0.3, -0.25) is 9.59 Å². The maximum Gasteiger partial charge on any atom is 0.306 e. The van der Waals surface area contributed by atoms with E-state index in [1.807, 2.05) is 31.2 Å². The van der Waals surface area contributed by atoms with Crippen LogP contribution in [0.3, 0.4) is 0 Å². The van der Waals surface area contributed by atoms with Gasteiger partial charge >= 0.3 is 5.97 Å². The van der Waals surface area contributed by atoms with E-state index < -0.39 is 5.97 Å². The van der Waals surface area contributed by atoms with Crippen molar-refractivity contribution in [1.29, 1.82) is 0 Å². The van der Waals surface area contributed by atoms with Gasteiger partial charge in [-0.2, -0.15) is 4.98 Å². The van der Waals surface area contributed by atoms with Crippen LogP contribution in [0.1, 0.15) is 23.4 Å². The van der Waals surface area contributed by atoms with E-state index in [-0.39, 0.29) is 37.1 Å². The molecule has 0 atom stereocenters. The average Bonchev–Trinajstić information content (AvgIpc) is 3.19. The molecule has 29 heavy (non-hydrogen) atoms. The van der Waals surface area contributed by atoms with Crippen molar-refractivity contribution >= 4 is 11.9 Å². The highest BCUT2D eigenvalue weighted by Crippen LogP contribution is 2.16. The first-order valence-corrected chi connectivity index (χ1v) is 9.06. The Morgan fingerprint density at radius 2 is 1.90 bits per heavy atom. The first kappa shape index (κ1) is 20.2. The van der Waals surface area contributed by atoms with Crippen molar-refractivity contribution in [2.75, 3.05) is 6.61 Å². The summed E-state index contributed by atoms with van der Waals surface area (Å²) in [5.41, 5.74) is 2.68. The maximum absolute atomic E-state index is 13.0. The SMILES string of the molecule is Cc1ccccc1CNC(=O)COC(=O)CCc1nc(-c2ccc(F)cc2)no1. The molecule has 2 aromatic carbocycles. The van der Waals surface area contributed by atoms with Gasteiger partial charge in [-0.1, -0.05) is 29.4 Å². The highest BCUT2D eigenvalue weighted by Gasteiger charge is 2.13. The van der Waals surface area contributed by atoms with Crippen LogP contribution in [0.4, 0.5) is 4.39 Å². The third kappa shape index (κ3) is 5.97. The molecule has 0 saturated carbocycles. The lowest BCUT2D eigenvalue weighted by atomic mass is 10.1. The summed E-state index contributed by atoms with van der Waals surface area (Å²) in [7, 11) is 0. The molecule has 1 aromatic heterocycles. The summed E-state index contributed by atoms with van der Waals surface area (Å²) in [5, 5.41) is 6.51. The minimum absolute atomic E-state index is 0.00384. The van der Waals surface area contributed by atoms with Crippen molar-refractivity contribution in [3.05, 3.63) is 71.4 Å². The molecule has 0 aliphatic carbocycles. The Morgan fingerprint density at radius 3 is 2.66 bits per heavy atom. The van der Waals surface area contributed by atoms with Gasteiger partial charge < -0.3 is 14.6 Å². The van der Waals surface area contributed by atoms with Gasteiger partial charge in [-0.05, 0) is 42.3 Å². The van der Waals surface area contributed by atoms with Gasteiger partial charge in [0.1, 0.15) is 5.82 Å². The van der Waals surface area contributed by atoms with Crippen LogP contribution in [0.5, 0.6) is 0 Å². The third-order valence-corrected chi connectivity index (χ3v) is 4.22. The molecule has 0 radical (unpaired) electrons. The number of ether oxygens (including phenoxy) is 1. The first-order valence-electron chi connectivity index (χ1n) is 9.06. The number of aryl methyl sites for hydroxylation is 2. The van der Waals surface area contributed by atoms with E-state index >= 15 is 0 Å². The van der Waals surface area contributed by atoms with E-state index in [0.29, 0.717) is 17.9 Å². The number of rotatable bonds is 8. The second-order valence-electron chi connectivity index (χ2n) is 6.38. The van der Waals surface area contributed by atoms with E-state index in [4.69, 9.17) is 9.26 Å². The topological polar surface area (TPSA) is 94.3 Å². The van der Waals surface area contributed by atoms with E-state index in [1.54, 1.807) is 0 Å². The number of hydrogen-bond donors (Lipinski definition) is 1. The number of halogens is 1. The van der Waals surface area contributed by atoms with Crippen LogP contribution >= 0.6 is 0 Å². The molecule has 0 aliphatic heterocycles. The quantitative estimate of drug-likeness (QED) is 0.587. The summed E-state index contributed by atoms with van der Waals surface area (Å²) in [6.07, 6.45) is 0.175. The fourth-order valence-electron chi connectivity index (χ4n) is 2.55. The molecule has 3 aromatic rings. The average molecular weight is 397 g/mol. The summed E-state index contributed by atoms with van der Waals surface area (Å²) in [4.78, 5) is 27.8. The number of hydrogen-bond acceptors (Lipinski definition) is 6. The number of benzene rings is 2. The number of nitrogens with zero attached hydrogens (tertiary/aromatic N) is 2. The molecule has 0 saturated heterocycles. The number of carbonyl (C=O) groups is 2. The van der Waals surface area contributed by atoms with Crippen LogP contribution in [0.15, 0.2) is 53.1 Å². The normalized spacial score (nSPS) is 10.6. The number of aromatic nitrogens is 2. The Hall–Kier alpha value is -3.55. The molecular weight excluding hydrogens is 377 g/mol. The lowest BCUT2D eigenvalue weighted by Crippen LogP contribution is -2.28. The Labute approximate surface area is 166 Å². The lowest BCUT2D eigenvalue weighted by molar-refractivity contribution is -0.148. The molecule has 0 aliphatic rings. The van der Waals surface area contributed by atoms with Crippen molar-refractivity contribution in [3.63, 3.8) is 0 Å². The predicted octanol–water partition coefficient (Wildman–Crippen LogP) is 2.98. The number of nitrogens with one attached hydrogen (secondary N) is 1. The Kier molecular flexibility index (Phi) is 6.67. The summed E-state index contributed by atoms with van der Waals surface area (Å²) < 4.78 is 23.0. The summed E-state index contributed by atoms with van der Waals surface area (Å²) in [6.45, 7) is 1.98. The van der Waals surface area contributed by atoms with Crippen LogP contribution in [-0.2, 0) is 27.3 Å². The van der Waals surface area contributed by atoms with Gasteiger partial charge in [0.25, 0.3) is 5.91 Å². The monoisotopic (exact) mass is 397 g/mol. The Balaban J connectivity index is 1.39. The number of amides is 1. The van der Waals surface area contributed by atoms with Crippen LogP contribution < -0.4 is 5.32 Å². The van der Waals surface area contributed by atoms with E-state index in [2.05, 4.69) is 15.5 Å². The van der Waals surface area contributed by atoms with Gasteiger partial charge in [0.05, 0.1) is 6.42 Å². The lowest BCUT2D eigenvalue weighted by Gasteiger charge is -2.08. The highest BCUT2D eigenvalue weighted by molar-refractivity contribution is 5.80. The van der Waals surface area contributed by atoms with E-state index in [1.165, 1.54) is 24.3 Å². The van der Waals surface area contributed by atoms with Crippen molar-refractivity contribution in [3.8, 4) is 11.4 Å². The molecule has 0 bridgehead atoms. The number of esters is 1. The second-order valence-corrected chi connectivity index (χ2v) is 6.38. The first-order chi connectivity index (χ1) is 14.0. The number of carbonyl (C=O) groups excluding carboxylic acids is 2. The molecular formula is C21H20FN3O4. The standard InChI is InChI=1S/C21H20FN3O4/c1-14-4-2-3-5-16(14)12-23-18(26)13-28-20(27)11-10-19-24-21(25-29-19)15-6-8-17(22)9-7-15/h2-9H,10-13H2,1H3,(H,23,26). The molecule has 7 nitrogen and oxygen atoms in total. The van der Waals surface area contributed by atoms with Gasteiger partial charge in [0, 0.05) is 18.5 Å². The van der Waals surface area contributed by atoms with Crippen molar-refractivity contribution in [2.45, 2.75) is 26.3 Å². The molecule has 3 rings (SSSR count). The molecule has 1 N–H and O–H groups in total. The van der Waals surface area contributed by atoms with E-state index in [0.717, 1.165) is 11.1 Å². The van der Waals surface area contributed by atoms with Crippen LogP contribution in [-0.4, -0.2) is 28.6 Å². The van der Waals surface area contributed by atoms with E-state index in [9.17, 15) is 14.0 Å². The fourth-order valence-corrected chi connectivity index (χ4v) is 2.55. The van der Waals surface area contributed by atoms with Crippen molar-refractivity contribution in [2.24, 2.45) is 0 Å². The zero-order chi connectivity index (χ0) is 20.6. The van der Waals surface area contributed by atoms with Gasteiger partial charge in [-0.15, -0.1) is 0 Å². The summed E-state index contributed by atoms with van der Waals surface area (Å²) >= 11 is 0. The maximum atomic E-state index is 13.0. The van der Waals surface area contributed by atoms with Crippen LogP contribution in [0, 0.1) is 12.7 Å². The van der Waals surface area contributed by atoms with Gasteiger partial charge in [0.2, 0.25) is 11.7 Å². The predicted molar refractivity (Wildman–Crippen MR) is 102 cm³/mol. The second kappa shape index (κ2) is 9.59. The molecule has 1 heterocycles. The Morgan fingerprint density at radius 1 is 1.14 bits per heavy atom. The summed E-state index contributed by atoms with van der Waals surface area (Å²) in [5.74, 6) is -0.715. The smallest absolute Gasteiger partial charge is 0.306 e. The van der Waals surface area contributed by atoms with Crippen LogP contribution in [0.25, 0.3) is 11.4 Å². The third-order valence-electron chi connectivity index (χ3n) is 4.22. The highest BCUT2D eigenvalue weighted by atomic mass is 19.1. The minimum Gasteiger partial charge on any atom is -0.456 e. The van der Waals surface area contributed by atoms with Crippen molar-refractivity contribution in [1.82, 2.24) is 15.5 Å². The Bertz CT molecular complexity index is 986. The molecule has 0 unspecified atom stereocenters. The largest absolute Gasteiger partial charge is 0.456 e. The molecule has 1 amide bonds. The zero-order valence-corrected chi connectivity index (χ0v) is 15.9. The van der Waals surface area contributed by atoms with Gasteiger partial charge in [-0.25, -0.2) is 4.39 Å². The van der Waals surface area contributed by atoms with Crippen LogP contribution in [0.2, 0.25) is 0 Å². The molecule has 150 valence electrons. The minimum atomic E-state index is -0.544. The molecule has 0 fully saturated rings. The fraction of sp³-hybridized carbons (Fsp3) is 0.238. The summed E-state index contributed by atoms with van der Waals surface area (Å²) in [6, 6.07) is 13.4. The van der Waals surface area contributed by atoms with Crippen molar-refractivity contribution < 1.29 is 23.2 Å². The van der Waals surface area contributed by atoms with Gasteiger partial charge in [0.15, 0.2) is 6.61 Å². The molecule has 0 spiro atoms. The zero-order valence-electron chi connectivity index (χ0n) is 15.9.